The van der Waals surface area contributed by atoms with Crippen LogP contribution in [0, 0.1) is 0 Å². The van der Waals surface area contributed by atoms with Gasteiger partial charge in [-0.25, -0.2) is 4.98 Å². The zero-order chi connectivity index (χ0) is 13.6. The minimum atomic E-state index is -1.14. The molecule has 100 valence electrons. The Hall–Kier alpha value is -0.390. The van der Waals surface area contributed by atoms with Gasteiger partial charge in [0.05, 0.1) is 6.21 Å². The molecule has 1 heterocycles. The molecule has 0 saturated heterocycles. The highest BCUT2D eigenvalue weighted by atomic mass is 79.9. The highest BCUT2D eigenvalue weighted by molar-refractivity contribution is 9.10. The first-order chi connectivity index (χ1) is 8.39. The first-order valence-corrected chi connectivity index (χ1v) is 7.85. The molecule has 0 aliphatic heterocycles. The Labute approximate surface area is 121 Å². The molecule has 3 nitrogen and oxygen atoms in total. The third-order valence-corrected chi connectivity index (χ3v) is 4.06. The van der Waals surface area contributed by atoms with Crippen LogP contribution in [0.5, 0.6) is 0 Å². The molecule has 1 aromatic heterocycles. The molecular formula is C13H19BrN2OS. The number of halogens is 1. The van der Waals surface area contributed by atoms with Crippen molar-refractivity contribution >= 4 is 33.5 Å². The lowest BCUT2D eigenvalue weighted by atomic mass is 10.2. The Morgan fingerprint density at radius 2 is 2.17 bits per heavy atom. The summed E-state index contributed by atoms with van der Waals surface area (Å²) in [6, 6.07) is 5.90. The van der Waals surface area contributed by atoms with Crippen molar-refractivity contribution in [2.45, 2.75) is 44.8 Å². The van der Waals surface area contributed by atoms with Crippen LogP contribution in [0.25, 0.3) is 0 Å². The van der Waals surface area contributed by atoms with Gasteiger partial charge in [0.1, 0.15) is 20.7 Å². The molecule has 0 aliphatic carbocycles. The summed E-state index contributed by atoms with van der Waals surface area (Å²) < 4.78 is 16.3. The maximum Gasteiger partial charge on any atom is 0.144 e. The lowest BCUT2D eigenvalue weighted by Crippen LogP contribution is -2.25. The molecule has 0 saturated carbocycles. The van der Waals surface area contributed by atoms with Crippen molar-refractivity contribution in [1.82, 2.24) is 4.98 Å². The number of pyridine rings is 1. The molecule has 0 fully saturated rings. The van der Waals surface area contributed by atoms with Crippen LogP contribution in [0.4, 0.5) is 0 Å². The maximum atomic E-state index is 11.6. The average molecular weight is 331 g/mol. The quantitative estimate of drug-likeness (QED) is 0.357. The fourth-order valence-electron chi connectivity index (χ4n) is 1.24. The maximum absolute atomic E-state index is 11.6. The zero-order valence-electron chi connectivity index (χ0n) is 11.0. The number of hydrogen-bond donors (Lipinski definition) is 0. The molecule has 5 heteroatoms. The first-order valence-electron chi connectivity index (χ1n) is 5.95. The molecule has 1 unspecified atom stereocenters. The van der Waals surface area contributed by atoms with Gasteiger partial charge in [-0.2, -0.15) is 0 Å². The van der Waals surface area contributed by atoms with Crippen LogP contribution in [-0.2, 0) is 17.8 Å². The highest BCUT2D eigenvalue weighted by Crippen LogP contribution is 2.16. The van der Waals surface area contributed by atoms with E-state index in [0.717, 1.165) is 29.6 Å². The third kappa shape index (κ3) is 5.98. The predicted octanol–water partition coefficient (Wildman–Crippen LogP) is 3.70. The molecule has 0 aliphatic rings. The minimum Gasteiger partial charge on any atom is -0.591 e. The second kappa shape index (κ2) is 7.26. The van der Waals surface area contributed by atoms with E-state index in [2.05, 4.69) is 25.3 Å². The van der Waals surface area contributed by atoms with E-state index >= 15 is 0 Å². The van der Waals surface area contributed by atoms with Crippen LogP contribution in [0.15, 0.2) is 27.2 Å². The van der Waals surface area contributed by atoms with Gasteiger partial charge in [0.15, 0.2) is 0 Å². The van der Waals surface area contributed by atoms with Gasteiger partial charge in [-0.1, -0.05) is 10.5 Å². The highest BCUT2D eigenvalue weighted by Gasteiger charge is 2.25. The molecule has 0 amide bonds. The number of unbranched alkanes of at least 4 members (excludes halogenated alkanes) is 1. The van der Waals surface area contributed by atoms with Crippen LogP contribution < -0.4 is 0 Å². The van der Waals surface area contributed by atoms with Crippen LogP contribution in [0.3, 0.4) is 0 Å². The predicted molar refractivity (Wildman–Crippen MR) is 81.3 cm³/mol. The number of hydrogen-bond acceptors (Lipinski definition) is 3. The standard InChI is InChI=1S/C13H19BrN2OS/c1-13(2,3)18(17)15-10-5-4-7-11-8-6-9-12(14)16-11/h6,8-10H,4-5,7H2,1-3H3/b15-10+. The fraction of sp³-hybridized carbons (Fsp3) is 0.538. The number of nitrogens with zero attached hydrogens (tertiary/aromatic N) is 2. The second-order valence-electron chi connectivity index (χ2n) is 4.99. The van der Waals surface area contributed by atoms with Crippen LogP contribution in [-0.4, -0.2) is 20.5 Å². The number of rotatable bonds is 5. The van der Waals surface area contributed by atoms with E-state index in [1.807, 2.05) is 39.0 Å². The number of aromatic nitrogens is 1. The number of aryl methyl sites for hydroxylation is 1. The zero-order valence-corrected chi connectivity index (χ0v) is 13.4. The molecular weight excluding hydrogens is 312 g/mol. The van der Waals surface area contributed by atoms with E-state index in [1.165, 1.54) is 0 Å². The summed E-state index contributed by atoms with van der Waals surface area (Å²) in [5.74, 6) is 0. The van der Waals surface area contributed by atoms with Gasteiger partial charge in [-0.15, -0.1) is 0 Å². The molecule has 0 bridgehead atoms. The van der Waals surface area contributed by atoms with Gasteiger partial charge in [-0.3, -0.25) is 0 Å². The Morgan fingerprint density at radius 3 is 2.78 bits per heavy atom. The first kappa shape index (κ1) is 15.7. The van der Waals surface area contributed by atoms with E-state index in [0.29, 0.717) is 0 Å². The average Bonchev–Trinajstić information content (AvgIpc) is 2.27. The summed E-state index contributed by atoms with van der Waals surface area (Å²) in [6.45, 7) is 5.77. The Morgan fingerprint density at radius 1 is 1.44 bits per heavy atom. The van der Waals surface area contributed by atoms with Gasteiger partial charge >= 0.3 is 0 Å². The summed E-state index contributed by atoms with van der Waals surface area (Å²) in [5, 5.41) is 0. The Bertz CT molecular complexity index is 404. The topological polar surface area (TPSA) is 48.3 Å². The lowest BCUT2D eigenvalue weighted by molar-refractivity contribution is 0.561. The summed E-state index contributed by atoms with van der Waals surface area (Å²) in [5.41, 5.74) is 1.06. The van der Waals surface area contributed by atoms with Crippen molar-refractivity contribution in [2.75, 3.05) is 0 Å². The van der Waals surface area contributed by atoms with E-state index in [-0.39, 0.29) is 4.75 Å². The molecule has 1 aromatic rings. The van der Waals surface area contributed by atoms with Crippen molar-refractivity contribution in [3.8, 4) is 0 Å². The van der Waals surface area contributed by atoms with Gasteiger partial charge in [0.2, 0.25) is 0 Å². The Kier molecular flexibility index (Phi) is 6.32. The molecule has 1 rings (SSSR count). The van der Waals surface area contributed by atoms with Crippen LogP contribution in [0.1, 0.15) is 39.3 Å². The molecule has 18 heavy (non-hydrogen) atoms. The van der Waals surface area contributed by atoms with Crippen molar-refractivity contribution in [3.63, 3.8) is 0 Å². The van der Waals surface area contributed by atoms with Crippen LogP contribution >= 0.6 is 15.9 Å². The van der Waals surface area contributed by atoms with Crippen molar-refractivity contribution < 1.29 is 4.55 Å². The van der Waals surface area contributed by atoms with Gasteiger partial charge in [0, 0.05) is 5.69 Å². The normalized spacial score (nSPS) is 14.1. The summed E-state index contributed by atoms with van der Waals surface area (Å²) in [7, 11) is 0. The SMILES string of the molecule is CC(C)(C)[S+]([O-])/N=C/CCCc1cccc(Br)n1. The molecule has 1 atom stereocenters. The second-order valence-corrected chi connectivity index (χ2v) is 7.74. The van der Waals surface area contributed by atoms with E-state index in [1.54, 1.807) is 6.21 Å². The van der Waals surface area contributed by atoms with Gasteiger partial charge in [-0.05, 0) is 68.1 Å². The van der Waals surface area contributed by atoms with Crippen molar-refractivity contribution in [2.24, 2.45) is 4.40 Å². The van der Waals surface area contributed by atoms with E-state index in [4.69, 9.17) is 0 Å². The Balaban J connectivity index is 2.29. The molecule has 0 spiro atoms. The minimum absolute atomic E-state index is 0.275. The smallest absolute Gasteiger partial charge is 0.144 e. The third-order valence-electron chi connectivity index (χ3n) is 2.23. The summed E-state index contributed by atoms with van der Waals surface area (Å²) >= 11 is 2.21. The summed E-state index contributed by atoms with van der Waals surface area (Å²) in [4.78, 5) is 4.36. The monoisotopic (exact) mass is 330 g/mol. The lowest BCUT2D eigenvalue weighted by Gasteiger charge is -2.17. The van der Waals surface area contributed by atoms with Gasteiger partial charge in [0.25, 0.3) is 0 Å². The fourth-order valence-corrected chi connectivity index (χ4v) is 2.18. The molecule has 0 radical (unpaired) electrons. The van der Waals surface area contributed by atoms with E-state index in [9.17, 15) is 4.55 Å². The molecule has 0 N–H and O–H groups in total. The van der Waals surface area contributed by atoms with Crippen molar-refractivity contribution in [1.29, 1.82) is 0 Å². The van der Waals surface area contributed by atoms with Gasteiger partial charge < -0.3 is 4.55 Å². The largest absolute Gasteiger partial charge is 0.591 e. The van der Waals surface area contributed by atoms with Crippen LogP contribution in [0.2, 0.25) is 0 Å². The van der Waals surface area contributed by atoms with Crippen molar-refractivity contribution in [3.05, 3.63) is 28.5 Å². The molecule has 0 aromatic carbocycles. The summed E-state index contributed by atoms with van der Waals surface area (Å²) in [6.07, 6.45) is 4.47. The van der Waals surface area contributed by atoms with E-state index < -0.39 is 11.4 Å².